The Balaban J connectivity index is 1.81. The number of ether oxygens (including phenoxy) is 2. The van der Waals surface area contributed by atoms with Crippen molar-refractivity contribution in [3.8, 4) is 5.75 Å². The zero-order chi connectivity index (χ0) is 13.7. The number of allylic oxidation sites excluding steroid dienone is 2. The van der Waals surface area contributed by atoms with Gasteiger partial charge >= 0.3 is 12.2 Å². The van der Waals surface area contributed by atoms with Gasteiger partial charge in [-0.15, -0.1) is 0 Å². The molecule has 0 aromatic heterocycles. The Morgan fingerprint density at radius 2 is 1.68 bits per heavy atom. The fourth-order valence-electron chi connectivity index (χ4n) is 1.50. The van der Waals surface area contributed by atoms with E-state index < -0.39 is 12.2 Å². The summed E-state index contributed by atoms with van der Waals surface area (Å²) in [4.78, 5) is 33.6. The second-order valence-corrected chi connectivity index (χ2v) is 3.79. The fourth-order valence-corrected chi connectivity index (χ4v) is 1.50. The van der Waals surface area contributed by atoms with E-state index in [9.17, 15) is 14.4 Å². The maximum Gasteiger partial charge on any atom is 0.422 e. The lowest BCUT2D eigenvalue weighted by atomic mass is 10.3. The molecule has 0 unspecified atom stereocenters. The fraction of sp³-hybridized carbons (Fsp3) is 0.154. The van der Waals surface area contributed by atoms with Crippen LogP contribution in [0.4, 0.5) is 9.59 Å². The molecular formula is C13H11NO5. The summed E-state index contributed by atoms with van der Waals surface area (Å²) >= 11 is 0. The molecule has 19 heavy (non-hydrogen) atoms. The number of carbonyl (C=O) groups is 3. The van der Waals surface area contributed by atoms with Crippen LogP contribution < -0.4 is 10.1 Å². The van der Waals surface area contributed by atoms with Gasteiger partial charge in [-0.2, -0.15) is 0 Å². The highest BCUT2D eigenvalue weighted by Crippen LogP contribution is 2.15. The van der Waals surface area contributed by atoms with Gasteiger partial charge in [0.25, 0.3) is 0 Å². The van der Waals surface area contributed by atoms with Crippen LogP contribution in [0.5, 0.6) is 5.75 Å². The van der Waals surface area contributed by atoms with Crippen LogP contribution in [0.3, 0.4) is 0 Å². The monoisotopic (exact) mass is 261 g/mol. The quantitative estimate of drug-likeness (QED) is 0.882. The highest BCUT2D eigenvalue weighted by molar-refractivity contribution is 5.94. The third-order valence-electron chi connectivity index (χ3n) is 2.32. The molecule has 2 amide bonds. The van der Waals surface area contributed by atoms with E-state index in [4.69, 9.17) is 9.47 Å². The smallest absolute Gasteiger partial charge is 0.414 e. The average molecular weight is 261 g/mol. The van der Waals surface area contributed by atoms with Crippen molar-refractivity contribution in [3.63, 3.8) is 0 Å². The Kier molecular flexibility index (Phi) is 3.92. The van der Waals surface area contributed by atoms with E-state index >= 15 is 0 Å². The van der Waals surface area contributed by atoms with E-state index in [1.54, 1.807) is 30.3 Å². The Hall–Kier alpha value is -2.63. The molecule has 0 radical (unpaired) electrons. The van der Waals surface area contributed by atoms with Crippen LogP contribution in [0, 0.1) is 0 Å². The number of hydrogen-bond acceptors (Lipinski definition) is 5. The Morgan fingerprint density at radius 1 is 1.00 bits per heavy atom. The van der Waals surface area contributed by atoms with Gasteiger partial charge in [-0.25, -0.2) is 14.9 Å². The number of imide groups is 1. The van der Waals surface area contributed by atoms with Crippen LogP contribution in [0.2, 0.25) is 0 Å². The van der Waals surface area contributed by atoms with Crippen LogP contribution in [0.1, 0.15) is 12.8 Å². The first-order valence-electron chi connectivity index (χ1n) is 5.62. The van der Waals surface area contributed by atoms with Gasteiger partial charge in [0.2, 0.25) is 0 Å². The Labute approximate surface area is 109 Å². The number of rotatable bonds is 2. The minimum Gasteiger partial charge on any atom is -0.414 e. The number of para-hydroxylation sites is 1. The minimum atomic E-state index is -0.970. The molecule has 6 heteroatoms. The minimum absolute atomic E-state index is 0.102. The van der Waals surface area contributed by atoms with E-state index in [2.05, 4.69) is 0 Å². The molecule has 1 aliphatic carbocycles. The summed E-state index contributed by atoms with van der Waals surface area (Å²) in [5, 5.41) is 1.90. The number of ketones is 1. The maximum absolute atomic E-state index is 11.3. The van der Waals surface area contributed by atoms with Gasteiger partial charge in [-0.05, 0) is 12.1 Å². The maximum atomic E-state index is 11.3. The summed E-state index contributed by atoms with van der Waals surface area (Å²) in [6, 6.07) is 8.29. The number of hydrogen-bond donors (Lipinski definition) is 1. The molecule has 6 nitrogen and oxygen atoms in total. The molecule has 1 aromatic carbocycles. The summed E-state index contributed by atoms with van der Waals surface area (Å²) < 4.78 is 9.61. The normalized spacial score (nSPS) is 13.7. The lowest BCUT2D eigenvalue weighted by molar-refractivity contribution is -0.114. The predicted octanol–water partition coefficient (Wildman–Crippen LogP) is 2.16. The molecule has 0 atom stereocenters. The number of alkyl carbamates (subject to hydrolysis) is 1. The lowest BCUT2D eigenvalue weighted by Crippen LogP contribution is -2.33. The van der Waals surface area contributed by atoms with Crippen LogP contribution in [0.15, 0.2) is 42.2 Å². The standard InChI is InChI=1S/C13H11NO5/c15-9-6-7-11(8-9)19-13(17)14-12(16)18-10-4-2-1-3-5-10/h1-5,8H,6-7H2,(H,14,16,17). The molecule has 0 saturated heterocycles. The van der Waals surface area contributed by atoms with Gasteiger partial charge in [0, 0.05) is 18.9 Å². The Morgan fingerprint density at radius 3 is 2.32 bits per heavy atom. The van der Waals surface area contributed by atoms with Crippen molar-refractivity contribution in [2.24, 2.45) is 0 Å². The summed E-state index contributed by atoms with van der Waals surface area (Å²) in [6.07, 6.45) is 0.00196. The summed E-state index contributed by atoms with van der Waals surface area (Å²) in [6.45, 7) is 0. The van der Waals surface area contributed by atoms with Crippen LogP contribution in [-0.2, 0) is 9.53 Å². The van der Waals surface area contributed by atoms with Crippen molar-refractivity contribution in [2.75, 3.05) is 0 Å². The van der Waals surface area contributed by atoms with E-state index in [1.165, 1.54) is 6.08 Å². The molecule has 0 fully saturated rings. The third kappa shape index (κ3) is 3.95. The molecule has 0 bridgehead atoms. The van der Waals surface area contributed by atoms with Gasteiger partial charge < -0.3 is 9.47 Å². The van der Waals surface area contributed by atoms with E-state index in [0.717, 1.165) is 0 Å². The number of amides is 2. The van der Waals surface area contributed by atoms with Crippen LogP contribution in [0.25, 0.3) is 0 Å². The molecule has 1 aromatic rings. The van der Waals surface area contributed by atoms with Gasteiger partial charge in [-0.3, -0.25) is 4.79 Å². The Bertz CT molecular complexity index is 535. The molecular weight excluding hydrogens is 250 g/mol. The van der Waals surface area contributed by atoms with Crippen molar-refractivity contribution >= 4 is 18.0 Å². The van der Waals surface area contributed by atoms with E-state index in [0.29, 0.717) is 18.6 Å². The summed E-state index contributed by atoms with van der Waals surface area (Å²) in [5.74, 6) is 0.452. The lowest BCUT2D eigenvalue weighted by Gasteiger charge is -2.06. The van der Waals surface area contributed by atoms with E-state index in [1.807, 2.05) is 5.32 Å². The number of nitrogens with one attached hydrogen (secondary N) is 1. The highest BCUT2D eigenvalue weighted by atomic mass is 16.6. The number of benzene rings is 1. The number of carbonyl (C=O) groups excluding carboxylic acids is 3. The van der Waals surface area contributed by atoms with Crippen molar-refractivity contribution in [3.05, 3.63) is 42.2 Å². The zero-order valence-electron chi connectivity index (χ0n) is 9.92. The molecule has 2 rings (SSSR count). The van der Waals surface area contributed by atoms with Gasteiger partial charge in [0.1, 0.15) is 11.5 Å². The van der Waals surface area contributed by atoms with Crippen LogP contribution >= 0.6 is 0 Å². The second kappa shape index (κ2) is 5.81. The van der Waals surface area contributed by atoms with Crippen molar-refractivity contribution in [2.45, 2.75) is 12.8 Å². The topological polar surface area (TPSA) is 81.7 Å². The molecule has 0 spiro atoms. The second-order valence-electron chi connectivity index (χ2n) is 3.79. The largest absolute Gasteiger partial charge is 0.422 e. The van der Waals surface area contributed by atoms with Crippen molar-refractivity contribution in [1.29, 1.82) is 0 Å². The first-order valence-corrected chi connectivity index (χ1v) is 5.62. The SMILES string of the molecule is O=C1C=C(OC(=O)NC(=O)Oc2ccccc2)CC1. The first kappa shape index (κ1) is 12.8. The summed E-state index contributed by atoms with van der Waals surface area (Å²) in [5.41, 5.74) is 0. The predicted molar refractivity (Wildman–Crippen MR) is 64.4 cm³/mol. The zero-order valence-corrected chi connectivity index (χ0v) is 9.92. The highest BCUT2D eigenvalue weighted by Gasteiger charge is 2.18. The molecule has 1 aliphatic rings. The average Bonchev–Trinajstić information content (AvgIpc) is 2.75. The van der Waals surface area contributed by atoms with Crippen molar-refractivity contribution in [1.82, 2.24) is 5.32 Å². The van der Waals surface area contributed by atoms with Gasteiger partial charge in [-0.1, -0.05) is 18.2 Å². The van der Waals surface area contributed by atoms with Crippen molar-refractivity contribution < 1.29 is 23.9 Å². The third-order valence-corrected chi connectivity index (χ3v) is 2.32. The van der Waals surface area contributed by atoms with Gasteiger partial charge in [0.15, 0.2) is 5.78 Å². The van der Waals surface area contributed by atoms with E-state index in [-0.39, 0.29) is 11.5 Å². The van der Waals surface area contributed by atoms with Gasteiger partial charge in [0.05, 0.1) is 0 Å². The van der Waals surface area contributed by atoms with Crippen LogP contribution in [-0.4, -0.2) is 18.0 Å². The molecule has 98 valence electrons. The molecule has 0 saturated carbocycles. The summed E-state index contributed by atoms with van der Waals surface area (Å²) in [7, 11) is 0. The first-order chi connectivity index (χ1) is 9.13. The molecule has 0 aliphatic heterocycles. The molecule has 1 N–H and O–H groups in total. The molecule has 0 heterocycles.